The minimum atomic E-state index is -1.07. The van der Waals surface area contributed by atoms with Gasteiger partial charge in [-0.1, -0.05) is 24.0 Å². The summed E-state index contributed by atoms with van der Waals surface area (Å²) in [5.41, 5.74) is 0. The second-order valence-electron chi connectivity index (χ2n) is 1.74. The molecule has 0 aromatic carbocycles. The number of rotatable bonds is 0. The van der Waals surface area contributed by atoms with Gasteiger partial charge in [-0.05, 0) is 24.3 Å². The van der Waals surface area contributed by atoms with Gasteiger partial charge in [-0.25, -0.2) is 0 Å². The quantitative estimate of drug-likeness (QED) is 0.453. The molecule has 1 heterocycles. The van der Waals surface area contributed by atoms with Crippen LogP contribution < -0.4 is 0 Å². The maximum Gasteiger partial charge on any atom is -0.00619 e. The molecule has 38 valence electrons. The standard InChI is InChI=1S/C5H7PS/c1-6(7)4-2-3-5-6/h2-5H,1H3. The van der Waals surface area contributed by atoms with Gasteiger partial charge >= 0.3 is 0 Å². The van der Waals surface area contributed by atoms with E-state index in [0.29, 0.717) is 0 Å². The monoisotopic (exact) mass is 130 g/mol. The van der Waals surface area contributed by atoms with E-state index in [0.717, 1.165) is 0 Å². The molecule has 0 aliphatic carbocycles. The Balaban J connectivity index is 2.99. The van der Waals surface area contributed by atoms with Gasteiger partial charge in [0.05, 0.1) is 0 Å². The second-order valence-corrected chi connectivity index (χ2v) is 6.82. The number of hydrogen-bond acceptors (Lipinski definition) is 1. The summed E-state index contributed by atoms with van der Waals surface area (Å²) in [6.07, 6.45) is 4.06. The van der Waals surface area contributed by atoms with Crippen LogP contribution in [0, 0.1) is 0 Å². The molecule has 1 rings (SSSR count). The summed E-state index contributed by atoms with van der Waals surface area (Å²) < 4.78 is 0. The van der Waals surface area contributed by atoms with Gasteiger partial charge in [0, 0.05) is 0 Å². The van der Waals surface area contributed by atoms with E-state index >= 15 is 0 Å². The van der Waals surface area contributed by atoms with Crippen molar-refractivity contribution in [2.24, 2.45) is 0 Å². The molecule has 0 amide bonds. The van der Waals surface area contributed by atoms with Crippen molar-refractivity contribution < 1.29 is 0 Å². The molecule has 0 aromatic rings. The third-order valence-electron chi connectivity index (χ3n) is 0.875. The van der Waals surface area contributed by atoms with E-state index in [9.17, 15) is 0 Å². The van der Waals surface area contributed by atoms with Gasteiger partial charge in [-0.15, -0.1) is 0 Å². The largest absolute Gasteiger partial charge is 0.0891 e. The SMILES string of the molecule is CP1(=S)C=CC=C1. The maximum atomic E-state index is 5.15. The molecule has 0 nitrogen and oxygen atoms in total. The van der Waals surface area contributed by atoms with Gasteiger partial charge < -0.3 is 0 Å². The highest BCUT2D eigenvalue weighted by atomic mass is 32.4. The number of hydrogen-bond donors (Lipinski definition) is 0. The molecule has 1 aliphatic rings. The molecule has 0 bridgehead atoms. The van der Waals surface area contributed by atoms with E-state index in [-0.39, 0.29) is 0 Å². The third kappa shape index (κ3) is 1.25. The van der Waals surface area contributed by atoms with E-state index in [4.69, 9.17) is 11.8 Å². The molecule has 0 unspecified atom stereocenters. The van der Waals surface area contributed by atoms with Gasteiger partial charge in [0.2, 0.25) is 0 Å². The van der Waals surface area contributed by atoms with Crippen molar-refractivity contribution in [1.82, 2.24) is 0 Å². The molecule has 0 fully saturated rings. The molecule has 0 saturated carbocycles. The van der Waals surface area contributed by atoms with E-state index in [2.05, 4.69) is 18.3 Å². The summed E-state index contributed by atoms with van der Waals surface area (Å²) in [5, 5.41) is 0. The Morgan fingerprint density at radius 1 is 1.29 bits per heavy atom. The summed E-state index contributed by atoms with van der Waals surface area (Å²) in [7, 11) is 0. The van der Waals surface area contributed by atoms with Gasteiger partial charge in [0.1, 0.15) is 0 Å². The van der Waals surface area contributed by atoms with Crippen LogP contribution in [0.4, 0.5) is 0 Å². The molecule has 0 radical (unpaired) electrons. The summed E-state index contributed by atoms with van der Waals surface area (Å²) in [6, 6.07) is -1.07. The second kappa shape index (κ2) is 1.57. The van der Waals surface area contributed by atoms with Crippen molar-refractivity contribution in [2.45, 2.75) is 0 Å². The Morgan fingerprint density at radius 2 is 1.71 bits per heavy atom. The molecule has 0 spiro atoms. The highest BCUT2D eigenvalue weighted by molar-refractivity contribution is 8.17. The first-order chi connectivity index (χ1) is 3.21. The molecule has 0 aromatic heterocycles. The molecule has 0 saturated heterocycles. The molecule has 0 N–H and O–H groups in total. The van der Waals surface area contributed by atoms with Gasteiger partial charge in [-0.3, -0.25) is 0 Å². The Kier molecular flexibility index (Phi) is 1.18. The summed E-state index contributed by atoms with van der Waals surface area (Å²) in [4.78, 5) is 0. The Morgan fingerprint density at radius 3 is 1.86 bits per heavy atom. The van der Waals surface area contributed by atoms with Crippen LogP contribution in [-0.2, 0) is 11.8 Å². The molecule has 7 heavy (non-hydrogen) atoms. The van der Waals surface area contributed by atoms with Crippen LogP contribution in [-0.4, -0.2) is 6.66 Å². The molecule has 1 aliphatic heterocycles. The van der Waals surface area contributed by atoms with E-state index in [1.54, 1.807) is 0 Å². The summed E-state index contributed by atoms with van der Waals surface area (Å²) in [6.45, 7) is 2.11. The van der Waals surface area contributed by atoms with E-state index < -0.39 is 6.04 Å². The van der Waals surface area contributed by atoms with Crippen molar-refractivity contribution >= 4 is 17.8 Å². The molecular formula is C5H7PS. The average Bonchev–Trinajstić information content (AvgIpc) is 1.84. The Labute approximate surface area is 48.9 Å². The first kappa shape index (κ1) is 5.27. The van der Waals surface area contributed by atoms with Crippen LogP contribution in [0.5, 0.6) is 0 Å². The van der Waals surface area contributed by atoms with Crippen LogP contribution in [0.25, 0.3) is 0 Å². The highest BCUT2D eigenvalue weighted by Crippen LogP contribution is 2.47. The lowest BCUT2D eigenvalue weighted by Crippen LogP contribution is -1.54. The first-order valence-corrected chi connectivity index (χ1v) is 5.53. The predicted octanol–water partition coefficient (Wildman–Crippen LogP) is 2.14. The average molecular weight is 130 g/mol. The van der Waals surface area contributed by atoms with E-state index in [1.807, 2.05) is 12.2 Å². The van der Waals surface area contributed by atoms with Gasteiger partial charge in [-0.2, -0.15) is 0 Å². The van der Waals surface area contributed by atoms with Crippen LogP contribution in [0.2, 0.25) is 0 Å². The third-order valence-corrected chi connectivity index (χ3v) is 3.13. The lowest BCUT2D eigenvalue weighted by Gasteiger charge is -1.95. The topological polar surface area (TPSA) is 0 Å². The fraction of sp³-hybridized carbons (Fsp3) is 0.200. The zero-order valence-electron chi connectivity index (χ0n) is 4.16. The van der Waals surface area contributed by atoms with Gasteiger partial charge in [0.15, 0.2) is 0 Å². The summed E-state index contributed by atoms with van der Waals surface area (Å²) >= 11 is 5.15. The Bertz CT molecular complexity index is 151. The van der Waals surface area contributed by atoms with Crippen molar-refractivity contribution in [2.75, 3.05) is 6.66 Å². The smallest absolute Gasteiger partial charge is 0.00619 e. The minimum absolute atomic E-state index is 1.07. The zero-order chi connectivity index (χ0) is 5.33. The minimum Gasteiger partial charge on any atom is -0.0891 e. The van der Waals surface area contributed by atoms with Gasteiger partial charge in [0.25, 0.3) is 0 Å². The zero-order valence-corrected chi connectivity index (χ0v) is 5.88. The Hall–Kier alpha value is 0.130. The van der Waals surface area contributed by atoms with Crippen LogP contribution in [0.3, 0.4) is 0 Å². The highest BCUT2D eigenvalue weighted by Gasteiger charge is 2.00. The molecular weight excluding hydrogens is 123 g/mol. The fourth-order valence-electron chi connectivity index (χ4n) is 0.491. The van der Waals surface area contributed by atoms with Crippen LogP contribution >= 0.6 is 6.04 Å². The van der Waals surface area contributed by atoms with Crippen molar-refractivity contribution in [1.29, 1.82) is 0 Å². The summed E-state index contributed by atoms with van der Waals surface area (Å²) in [5.74, 6) is 4.23. The molecule has 0 atom stereocenters. The normalized spacial score (nSPS) is 23.6. The van der Waals surface area contributed by atoms with Crippen molar-refractivity contribution in [3.63, 3.8) is 0 Å². The lowest BCUT2D eigenvalue weighted by molar-refractivity contribution is 2.15. The van der Waals surface area contributed by atoms with E-state index in [1.165, 1.54) is 0 Å². The number of allylic oxidation sites excluding steroid dienone is 2. The maximum absolute atomic E-state index is 5.15. The van der Waals surface area contributed by atoms with Crippen molar-refractivity contribution in [3.8, 4) is 0 Å². The fourth-order valence-corrected chi connectivity index (χ4v) is 1.89. The van der Waals surface area contributed by atoms with Crippen LogP contribution in [0.1, 0.15) is 0 Å². The van der Waals surface area contributed by atoms with Crippen LogP contribution in [0.15, 0.2) is 23.8 Å². The first-order valence-electron chi connectivity index (χ1n) is 2.15. The molecule has 2 heteroatoms. The predicted molar refractivity (Wildman–Crippen MR) is 38.5 cm³/mol. The lowest BCUT2D eigenvalue weighted by atomic mass is 10.6. The van der Waals surface area contributed by atoms with Crippen molar-refractivity contribution in [3.05, 3.63) is 23.8 Å².